The minimum absolute atomic E-state index is 0.00926. The van der Waals surface area contributed by atoms with Crippen LogP contribution in [0.1, 0.15) is 31.1 Å². The van der Waals surface area contributed by atoms with E-state index < -0.39 is 4.92 Å². The van der Waals surface area contributed by atoms with Crippen molar-refractivity contribution in [1.82, 2.24) is 5.32 Å². The molecule has 98 valence electrons. The van der Waals surface area contributed by atoms with Crippen molar-refractivity contribution >= 4 is 17.3 Å². The highest BCUT2D eigenvalue weighted by Crippen LogP contribution is 2.25. The summed E-state index contributed by atoms with van der Waals surface area (Å²) in [6, 6.07) is 4.40. The minimum Gasteiger partial charge on any atom is -0.380 e. The van der Waals surface area contributed by atoms with Gasteiger partial charge in [0.2, 0.25) is 0 Å². The number of hydrogen-bond donors (Lipinski definition) is 2. The molecule has 0 bridgehead atoms. The quantitative estimate of drug-likeness (QED) is 0.620. The lowest BCUT2D eigenvalue weighted by atomic mass is 10.1. The first-order valence-corrected chi connectivity index (χ1v) is 5.78. The Morgan fingerprint density at radius 1 is 1.44 bits per heavy atom. The fraction of sp³-hybridized carbons (Fsp3) is 0.417. The van der Waals surface area contributed by atoms with Crippen LogP contribution in [0.2, 0.25) is 0 Å². The summed E-state index contributed by atoms with van der Waals surface area (Å²) in [4.78, 5) is 22.2. The molecule has 0 aliphatic heterocycles. The van der Waals surface area contributed by atoms with Gasteiger partial charge >= 0.3 is 0 Å². The van der Waals surface area contributed by atoms with Crippen LogP contribution in [0.15, 0.2) is 18.2 Å². The second-order valence-corrected chi connectivity index (χ2v) is 4.15. The summed E-state index contributed by atoms with van der Waals surface area (Å²) >= 11 is 0. The standard InChI is InChI=1S/C12H17N3O3/c1-4-13-10-6-5-9(7-11(10)15(17)18)12(16)14-8(2)3/h5-8,13H,4H2,1-3H3,(H,14,16). The Hall–Kier alpha value is -2.11. The summed E-state index contributed by atoms with van der Waals surface area (Å²) in [6.45, 7) is 6.10. The van der Waals surface area contributed by atoms with E-state index in [-0.39, 0.29) is 23.2 Å². The lowest BCUT2D eigenvalue weighted by Crippen LogP contribution is -2.30. The van der Waals surface area contributed by atoms with Crippen LogP contribution >= 0.6 is 0 Å². The molecular formula is C12H17N3O3. The van der Waals surface area contributed by atoms with E-state index in [9.17, 15) is 14.9 Å². The van der Waals surface area contributed by atoms with Crippen molar-refractivity contribution in [2.45, 2.75) is 26.8 Å². The van der Waals surface area contributed by atoms with Gasteiger partial charge in [0, 0.05) is 24.2 Å². The summed E-state index contributed by atoms with van der Waals surface area (Å²) < 4.78 is 0. The summed E-state index contributed by atoms with van der Waals surface area (Å²) in [6.07, 6.45) is 0. The Morgan fingerprint density at radius 2 is 2.11 bits per heavy atom. The van der Waals surface area contributed by atoms with Gasteiger partial charge < -0.3 is 10.6 Å². The maximum atomic E-state index is 11.7. The molecule has 6 nitrogen and oxygen atoms in total. The molecule has 0 saturated carbocycles. The summed E-state index contributed by atoms with van der Waals surface area (Å²) in [5, 5.41) is 16.5. The maximum Gasteiger partial charge on any atom is 0.293 e. The molecule has 18 heavy (non-hydrogen) atoms. The molecule has 1 aromatic rings. The van der Waals surface area contributed by atoms with Crippen LogP contribution in [-0.4, -0.2) is 23.4 Å². The van der Waals surface area contributed by atoms with Gasteiger partial charge in [-0.3, -0.25) is 14.9 Å². The van der Waals surface area contributed by atoms with Crippen molar-refractivity contribution in [2.24, 2.45) is 0 Å². The third kappa shape index (κ3) is 3.44. The molecule has 1 rings (SSSR count). The van der Waals surface area contributed by atoms with Gasteiger partial charge in [-0.05, 0) is 32.9 Å². The number of amides is 1. The van der Waals surface area contributed by atoms with Crippen LogP contribution in [0.4, 0.5) is 11.4 Å². The van der Waals surface area contributed by atoms with E-state index in [0.29, 0.717) is 12.2 Å². The Labute approximate surface area is 106 Å². The average molecular weight is 251 g/mol. The third-order valence-corrected chi connectivity index (χ3v) is 2.24. The normalized spacial score (nSPS) is 10.2. The summed E-state index contributed by atoms with van der Waals surface area (Å²) in [5.41, 5.74) is 0.619. The van der Waals surface area contributed by atoms with E-state index in [1.165, 1.54) is 6.07 Å². The number of nitro groups is 1. The number of nitro benzene ring substituents is 1. The van der Waals surface area contributed by atoms with Gasteiger partial charge in [-0.1, -0.05) is 0 Å². The highest BCUT2D eigenvalue weighted by molar-refractivity contribution is 5.95. The van der Waals surface area contributed by atoms with Gasteiger partial charge in [-0.2, -0.15) is 0 Å². The molecule has 0 aliphatic rings. The van der Waals surface area contributed by atoms with Gasteiger partial charge in [0.1, 0.15) is 5.69 Å². The topological polar surface area (TPSA) is 84.3 Å². The maximum absolute atomic E-state index is 11.7. The fourth-order valence-corrected chi connectivity index (χ4v) is 1.51. The molecule has 1 aromatic carbocycles. The van der Waals surface area contributed by atoms with Crippen molar-refractivity contribution in [3.05, 3.63) is 33.9 Å². The van der Waals surface area contributed by atoms with Gasteiger partial charge in [0.15, 0.2) is 0 Å². The van der Waals surface area contributed by atoms with Gasteiger partial charge in [0.05, 0.1) is 4.92 Å². The zero-order valence-electron chi connectivity index (χ0n) is 10.7. The van der Waals surface area contributed by atoms with Crippen LogP contribution < -0.4 is 10.6 Å². The Bertz CT molecular complexity index is 458. The van der Waals surface area contributed by atoms with E-state index in [1.54, 1.807) is 12.1 Å². The molecule has 6 heteroatoms. The predicted molar refractivity (Wildman–Crippen MR) is 69.9 cm³/mol. The van der Waals surface area contributed by atoms with E-state index in [2.05, 4.69) is 10.6 Å². The van der Waals surface area contributed by atoms with Crippen LogP contribution in [0.3, 0.4) is 0 Å². The monoisotopic (exact) mass is 251 g/mol. The first-order chi connectivity index (χ1) is 8.45. The third-order valence-electron chi connectivity index (χ3n) is 2.24. The van der Waals surface area contributed by atoms with Crippen molar-refractivity contribution in [3.63, 3.8) is 0 Å². The SMILES string of the molecule is CCNc1ccc(C(=O)NC(C)C)cc1[N+](=O)[O-]. The van der Waals surface area contributed by atoms with Crippen LogP contribution in [0.25, 0.3) is 0 Å². The highest BCUT2D eigenvalue weighted by Gasteiger charge is 2.17. The number of benzene rings is 1. The van der Waals surface area contributed by atoms with Crippen LogP contribution in [0, 0.1) is 10.1 Å². The van der Waals surface area contributed by atoms with Gasteiger partial charge in [-0.15, -0.1) is 0 Å². The first kappa shape index (κ1) is 14.0. The number of nitrogens with one attached hydrogen (secondary N) is 2. The van der Waals surface area contributed by atoms with Gasteiger partial charge in [0.25, 0.3) is 11.6 Å². The Balaban J connectivity index is 3.06. The largest absolute Gasteiger partial charge is 0.380 e. The molecule has 0 aromatic heterocycles. The van der Waals surface area contributed by atoms with Crippen molar-refractivity contribution in [3.8, 4) is 0 Å². The molecule has 1 amide bonds. The number of rotatable bonds is 5. The molecule has 0 aliphatic carbocycles. The molecule has 0 spiro atoms. The lowest BCUT2D eigenvalue weighted by Gasteiger charge is -2.09. The average Bonchev–Trinajstić information content (AvgIpc) is 2.28. The first-order valence-electron chi connectivity index (χ1n) is 5.78. The lowest BCUT2D eigenvalue weighted by molar-refractivity contribution is -0.384. The van der Waals surface area contributed by atoms with Crippen molar-refractivity contribution in [2.75, 3.05) is 11.9 Å². The molecule has 0 heterocycles. The predicted octanol–water partition coefficient (Wildman–Crippen LogP) is 2.16. The fourth-order valence-electron chi connectivity index (χ4n) is 1.51. The summed E-state index contributed by atoms with van der Waals surface area (Å²) in [7, 11) is 0. The number of hydrogen-bond acceptors (Lipinski definition) is 4. The zero-order valence-corrected chi connectivity index (χ0v) is 10.7. The Morgan fingerprint density at radius 3 is 2.61 bits per heavy atom. The second-order valence-electron chi connectivity index (χ2n) is 4.15. The molecule has 0 radical (unpaired) electrons. The van der Waals surface area contributed by atoms with Crippen LogP contribution in [-0.2, 0) is 0 Å². The van der Waals surface area contributed by atoms with E-state index in [1.807, 2.05) is 20.8 Å². The van der Waals surface area contributed by atoms with Crippen molar-refractivity contribution < 1.29 is 9.72 Å². The Kier molecular flexibility index (Phi) is 4.65. The smallest absolute Gasteiger partial charge is 0.293 e. The van der Waals surface area contributed by atoms with E-state index in [0.717, 1.165) is 0 Å². The molecule has 0 atom stereocenters. The highest BCUT2D eigenvalue weighted by atomic mass is 16.6. The molecular weight excluding hydrogens is 234 g/mol. The van der Waals surface area contributed by atoms with Gasteiger partial charge in [-0.25, -0.2) is 0 Å². The second kappa shape index (κ2) is 6.00. The number of carbonyl (C=O) groups excluding carboxylic acids is 1. The number of anilines is 1. The molecule has 2 N–H and O–H groups in total. The van der Waals surface area contributed by atoms with Crippen molar-refractivity contribution in [1.29, 1.82) is 0 Å². The summed E-state index contributed by atoms with van der Waals surface area (Å²) in [5.74, 6) is -0.309. The van der Waals surface area contributed by atoms with E-state index >= 15 is 0 Å². The van der Waals surface area contributed by atoms with E-state index in [4.69, 9.17) is 0 Å². The number of carbonyl (C=O) groups is 1. The number of nitrogens with zero attached hydrogens (tertiary/aromatic N) is 1. The minimum atomic E-state index is -0.496. The molecule has 0 fully saturated rings. The molecule has 0 unspecified atom stereocenters. The zero-order chi connectivity index (χ0) is 13.7. The van der Waals surface area contributed by atoms with Crippen LogP contribution in [0.5, 0.6) is 0 Å². The molecule has 0 saturated heterocycles.